The number of nitrogens with one attached hydrogen (secondary N) is 1. The van der Waals surface area contributed by atoms with Crippen LogP contribution in [0.5, 0.6) is 0 Å². The number of rotatable bonds is 4. The second-order valence-corrected chi connectivity index (χ2v) is 3.63. The molecule has 1 aromatic heterocycles. The monoisotopic (exact) mass is 203 g/mol. The van der Waals surface area contributed by atoms with Crippen molar-refractivity contribution >= 4 is 17.0 Å². The van der Waals surface area contributed by atoms with E-state index in [9.17, 15) is 0 Å². The zero-order valence-corrected chi connectivity index (χ0v) is 8.55. The Bertz CT molecular complexity index is 356. The molecule has 0 saturated carbocycles. The summed E-state index contributed by atoms with van der Waals surface area (Å²) in [4.78, 5) is 4.10. The van der Waals surface area contributed by atoms with E-state index in [0.29, 0.717) is 0 Å². The van der Waals surface area contributed by atoms with Gasteiger partial charge in [0.2, 0.25) is 0 Å². The molecule has 0 atom stereocenters. The summed E-state index contributed by atoms with van der Waals surface area (Å²) in [5, 5.41) is 5.37. The number of benzene rings is 1. The molecule has 1 aromatic carbocycles. The Hall–Kier alpha value is -1.35. The lowest BCUT2D eigenvalue weighted by Gasteiger charge is -2.03. The Labute approximate surface area is 87.6 Å². The predicted molar refractivity (Wildman–Crippen MR) is 59.6 cm³/mol. The van der Waals surface area contributed by atoms with Crippen molar-refractivity contribution in [2.45, 2.75) is 6.42 Å². The van der Waals surface area contributed by atoms with E-state index in [1.807, 2.05) is 23.6 Å². The summed E-state index contributed by atoms with van der Waals surface area (Å²) < 4.78 is 0. The van der Waals surface area contributed by atoms with Crippen LogP contribution in [0.25, 0.3) is 0 Å². The van der Waals surface area contributed by atoms with Crippen LogP contribution in [-0.4, -0.2) is 11.5 Å². The molecule has 1 N–H and O–H groups in total. The second kappa shape index (κ2) is 4.77. The highest BCUT2D eigenvalue weighted by Crippen LogP contribution is 2.06. The number of nitrogens with zero attached hydrogens (tertiary/aromatic N) is 1. The average molecular weight is 203 g/mol. The van der Waals surface area contributed by atoms with Gasteiger partial charge in [-0.15, -0.1) is 11.3 Å². The van der Waals surface area contributed by atoms with Crippen LogP contribution in [0.15, 0.2) is 35.7 Å². The van der Waals surface area contributed by atoms with Crippen LogP contribution in [0.1, 0.15) is 5.69 Å². The van der Waals surface area contributed by atoms with E-state index in [4.69, 9.17) is 0 Å². The van der Waals surface area contributed by atoms with Crippen molar-refractivity contribution in [2.75, 3.05) is 11.9 Å². The fourth-order valence-electron chi connectivity index (χ4n) is 1.21. The molecule has 0 aliphatic heterocycles. The highest BCUT2D eigenvalue weighted by molar-refractivity contribution is 7.07. The first kappa shape index (κ1) is 9.21. The van der Waals surface area contributed by atoms with Gasteiger partial charge in [0.1, 0.15) is 0 Å². The van der Waals surface area contributed by atoms with E-state index in [2.05, 4.69) is 27.9 Å². The molecule has 2 aromatic rings. The minimum atomic E-state index is 0.918. The molecule has 3 heteroatoms. The molecule has 0 aliphatic rings. The van der Waals surface area contributed by atoms with Gasteiger partial charge in [-0.2, -0.15) is 0 Å². The fraction of sp³-hybridized carbons (Fsp3) is 0.182. The van der Waals surface area contributed by atoms with E-state index in [0.717, 1.165) is 24.3 Å². The highest BCUT2D eigenvalue weighted by atomic mass is 32.1. The van der Waals surface area contributed by atoms with Gasteiger partial charge in [-0.25, -0.2) is 4.98 Å². The Kier molecular flexibility index (Phi) is 3.14. The van der Waals surface area contributed by atoms with Crippen molar-refractivity contribution in [2.24, 2.45) is 0 Å². The topological polar surface area (TPSA) is 24.9 Å². The molecule has 71 valence electrons. The standard InChI is InChI=1S/C11H11N2S/c1-2-4-10(5-3-1)12-7-6-11-8-14-9-13-11/h1-5,8,12H,6-7H2. The van der Waals surface area contributed by atoms with E-state index >= 15 is 0 Å². The van der Waals surface area contributed by atoms with Gasteiger partial charge < -0.3 is 5.32 Å². The van der Waals surface area contributed by atoms with Gasteiger partial charge in [-0.3, -0.25) is 0 Å². The Morgan fingerprint density at radius 1 is 1.29 bits per heavy atom. The minimum Gasteiger partial charge on any atom is -0.385 e. The molecule has 2 rings (SSSR count). The molecule has 0 unspecified atom stereocenters. The number of para-hydroxylation sites is 1. The molecular formula is C11H11N2S. The molecule has 0 spiro atoms. The summed E-state index contributed by atoms with van der Waals surface area (Å²) >= 11 is 1.52. The lowest BCUT2D eigenvalue weighted by molar-refractivity contribution is 0.976. The van der Waals surface area contributed by atoms with Crippen LogP contribution in [-0.2, 0) is 6.42 Å². The van der Waals surface area contributed by atoms with E-state index in [1.165, 1.54) is 11.3 Å². The van der Waals surface area contributed by atoms with E-state index < -0.39 is 0 Å². The van der Waals surface area contributed by atoms with Gasteiger partial charge in [0.05, 0.1) is 5.69 Å². The maximum atomic E-state index is 4.10. The van der Waals surface area contributed by atoms with Crippen LogP contribution in [0.2, 0.25) is 0 Å². The summed E-state index contributed by atoms with van der Waals surface area (Å²) in [5.41, 5.74) is 5.11. The molecule has 0 bridgehead atoms. The maximum Gasteiger partial charge on any atom is 0.152 e. The zero-order valence-electron chi connectivity index (χ0n) is 7.73. The van der Waals surface area contributed by atoms with Crippen LogP contribution >= 0.6 is 11.3 Å². The van der Waals surface area contributed by atoms with Crippen LogP contribution in [0.4, 0.5) is 5.69 Å². The largest absolute Gasteiger partial charge is 0.385 e. The average Bonchev–Trinajstić information content (AvgIpc) is 2.72. The zero-order chi connectivity index (χ0) is 9.64. The molecule has 1 radical (unpaired) electrons. The molecular weight excluding hydrogens is 192 g/mol. The SMILES string of the molecule is [c]1nc(CCNc2ccccc2)cs1. The molecule has 0 fully saturated rings. The maximum absolute atomic E-state index is 4.10. The summed E-state index contributed by atoms with van der Waals surface area (Å²) in [7, 11) is 0. The first-order valence-corrected chi connectivity index (χ1v) is 5.42. The van der Waals surface area contributed by atoms with Crippen LogP contribution in [0.3, 0.4) is 0 Å². The second-order valence-electron chi connectivity index (χ2n) is 2.97. The first-order chi connectivity index (χ1) is 6.95. The Morgan fingerprint density at radius 3 is 2.86 bits per heavy atom. The molecule has 14 heavy (non-hydrogen) atoms. The Morgan fingerprint density at radius 2 is 2.14 bits per heavy atom. The number of hydrogen-bond donors (Lipinski definition) is 1. The first-order valence-electron chi connectivity index (χ1n) is 4.54. The number of hydrogen-bond acceptors (Lipinski definition) is 3. The summed E-state index contributed by atoms with van der Waals surface area (Å²) in [6.45, 7) is 0.918. The molecule has 2 nitrogen and oxygen atoms in total. The van der Waals surface area contributed by atoms with Gasteiger partial charge in [-0.1, -0.05) is 18.2 Å². The van der Waals surface area contributed by atoms with E-state index in [1.54, 1.807) is 0 Å². The van der Waals surface area contributed by atoms with Gasteiger partial charge in [0.25, 0.3) is 0 Å². The van der Waals surface area contributed by atoms with Gasteiger partial charge in [-0.05, 0) is 12.1 Å². The van der Waals surface area contributed by atoms with Gasteiger partial charge in [0.15, 0.2) is 5.51 Å². The van der Waals surface area contributed by atoms with Crippen molar-refractivity contribution in [1.29, 1.82) is 0 Å². The number of thiazole rings is 1. The quantitative estimate of drug-likeness (QED) is 0.826. The highest BCUT2D eigenvalue weighted by Gasteiger charge is 1.94. The lowest BCUT2D eigenvalue weighted by Crippen LogP contribution is -2.04. The minimum absolute atomic E-state index is 0.918. The predicted octanol–water partition coefficient (Wildman–Crippen LogP) is 2.60. The van der Waals surface area contributed by atoms with Crippen molar-refractivity contribution in [1.82, 2.24) is 4.98 Å². The van der Waals surface area contributed by atoms with Gasteiger partial charge >= 0.3 is 0 Å². The Balaban J connectivity index is 1.79. The van der Waals surface area contributed by atoms with E-state index in [-0.39, 0.29) is 0 Å². The van der Waals surface area contributed by atoms with Crippen molar-refractivity contribution < 1.29 is 0 Å². The van der Waals surface area contributed by atoms with Crippen molar-refractivity contribution in [3.05, 3.63) is 46.9 Å². The van der Waals surface area contributed by atoms with Crippen molar-refractivity contribution in [3.8, 4) is 0 Å². The lowest BCUT2D eigenvalue weighted by atomic mass is 10.3. The summed E-state index contributed by atoms with van der Waals surface area (Å²) in [5.74, 6) is 0. The van der Waals surface area contributed by atoms with Gasteiger partial charge in [0, 0.05) is 24.0 Å². The van der Waals surface area contributed by atoms with Crippen molar-refractivity contribution in [3.63, 3.8) is 0 Å². The number of anilines is 1. The number of aromatic nitrogens is 1. The smallest absolute Gasteiger partial charge is 0.152 e. The van der Waals surface area contributed by atoms with Crippen LogP contribution < -0.4 is 5.32 Å². The third-order valence-corrected chi connectivity index (χ3v) is 2.51. The summed E-state index contributed by atoms with van der Waals surface area (Å²) in [6.07, 6.45) is 0.953. The molecule has 0 amide bonds. The normalized spacial score (nSPS) is 10.0. The molecule has 0 saturated heterocycles. The molecule has 1 heterocycles. The third kappa shape index (κ3) is 2.57. The third-order valence-electron chi connectivity index (χ3n) is 1.92. The fourth-order valence-corrected chi connectivity index (χ4v) is 1.74. The van der Waals surface area contributed by atoms with Crippen LogP contribution in [0, 0.1) is 5.51 Å². The summed E-state index contributed by atoms with van der Waals surface area (Å²) in [6, 6.07) is 10.2. The molecule has 0 aliphatic carbocycles.